The molecule has 2 aromatic carbocycles. The van der Waals surface area contributed by atoms with Crippen LogP contribution in [-0.2, 0) is 19.9 Å². The molecule has 2 fully saturated rings. The number of nitrogens with zero attached hydrogens (tertiary/aromatic N) is 1. The van der Waals surface area contributed by atoms with E-state index in [1.165, 1.54) is 23.4 Å². The summed E-state index contributed by atoms with van der Waals surface area (Å²) in [5, 5.41) is -0.586. The van der Waals surface area contributed by atoms with Gasteiger partial charge in [0.05, 0.1) is 15.0 Å². The Morgan fingerprint density at radius 2 is 1.45 bits per heavy atom. The number of carbonyl (C=O) groups is 1. The van der Waals surface area contributed by atoms with Crippen LogP contribution >= 0.6 is 0 Å². The summed E-state index contributed by atoms with van der Waals surface area (Å²) in [6.07, 6.45) is 1.88. The predicted octanol–water partition coefficient (Wildman–Crippen LogP) is 3.05. The SMILES string of the molecule is CC(=O)c1cccc(S(=O)(=O)N2C3CCC2CC(S(=O)(=O)c2ccccc2)C3)c1. The molecular weight excluding hydrogens is 410 g/mol. The van der Waals surface area contributed by atoms with Crippen molar-refractivity contribution in [3.63, 3.8) is 0 Å². The van der Waals surface area contributed by atoms with Crippen LogP contribution in [0.1, 0.15) is 43.0 Å². The summed E-state index contributed by atoms with van der Waals surface area (Å²) < 4.78 is 54.2. The van der Waals surface area contributed by atoms with Gasteiger partial charge in [0.15, 0.2) is 15.6 Å². The molecule has 4 rings (SSSR count). The summed E-state index contributed by atoms with van der Waals surface area (Å²) in [7, 11) is -7.31. The Morgan fingerprint density at radius 3 is 2.03 bits per heavy atom. The van der Waals surface area contributed by atoms with Crippen molar-refractivity contribution in [3.05, 3.63) is 60.2 Å². The Kier molecular flexibility index (Phi) is 5.13. The first-order valence-electron chi connectivity index (χ1n) is 9.65. The summed E-state index contributed by atoms with van der Waals surface area (Å²) in [4.78, 5) is 12.0. The number of Topliss-reactive ketones (excluding diaryl/α,β-unsaturated/α-hetero) is 1. The number of rotatable bonds is 5. The topological polar surface area (TPSA) is 88.6 Å². The molecular formula is C21H23NO5S2. The summed E-state index contributed by atoms with van der Waals surface area (Å²) >= 11 is 0. The van der Waals surface area contributed by atoms with E-state index in [-0.39, 0.29) is 27.7 Å². The number of sulfone groups is 1. The number of carbonyl (C=O) groups excluding carboxylic acids is 1. The quantitative estimate of drug-likeness (QED) is 0.676. The number of fused-ring (bicyclic) bond motifs is 2. The molecule has 2 aromatic rings. The van der Waals surface area contributed by atoms with Gasteiger partial charge in [-0.3, -0.25) is 4.79 Å². The minimum atomic E-state index is -3.80. The van der Waals surface area contributed by atoms with Gasteiger partial charge in [0, 0.05) is 17.6 Å². The molecule has 0 amide bonds. The maximum absolute atomic E-state index is 13.3. The van der Waals surface area contributed by atoms with Crippen molar-refractivity contribution >= 4 is 25.6 Å². The van der Waals surface area contributed by atoms with Gasteiger partial charge in [-0.15, -0.1) is 0 Å². The number of piperidine rings is 1. The molecule has 2 unspecified atom stereocenters. The van der Waals surface area contributed by atoms with Crippen LogP contribution in [0.2, 0.25) is 0 Å². The van der Waals surface area contributed by atoms with Gasteiger partial charge in [0.1, 0.15) is 0 Å². The van der Waals surface area contributed by atoms with Crippen molar-refractivity contribution in [1.29, 1.82) is 0 Å². The fraction of sp³-hybridized carbons (Fsp3) is 0.381. The average molecular weight is 434 g/mol. The van der Waals surface area contributed by atoms with E-state index in [4.69, 9.17) is 0 Å². The number of hydrogen-bond acceptors (Lipinski definition) is 5. The number of benzene rings is 2. The Bertz CT molecular complexity index is 1130. The standard InChI is InChI=1S/C21H23NO5S2/c1-15(23)16-6-5-9-20(12-16)29(26,27)22-17-10-11-18(22)14-21(13-17)28(24,25)19-7-3-2-4-8-19/h2-9,12,17-18,21H,10-11,13-14H2,1H3. The second-order valence-corrected chi connectivity index (χ2v) is 11.8. The van der Waals surface area contributed by atoms with Crippen LogP contribution in [0, 0.1) is 0 Å². The van der Waals surface area contributed by atoms with Crippen LogP contribution < -0.4 is 0 Å². The Hall–Kier alpha value is -2.03. The molecule has 8 heteroatoms. The van der Waals surface area contributed by atoms with E-state index in [0.29, 0.717) is 31.2 Å². The summed E-state index contributed by atoms with van der Waals surface area (Å²) in [5.74, 6) is -0.197. The van der Waals surface area contributed by atoms with E-state index >= 15 is 0 Å². The molecule has 0 saturated carbocycles. The third kappa shape index (κ3) is 3.53. The van der Waals surface area contributed by atoms with E-state index in [0.717, 1.165) is 0 Å². The van der Waals surface area contributed by atoms with Crippen LogP contribution in [0.25, 0.3) is 0 Å². The van der Waals surface area contributed by atoms with Crippen LogP contribution in [0.4, 0.5) is 0 Å². The Labute approximate surface area is 171 Å². The molecule has 154 valence electrons. The highest BCUT2D eigenvalue weighted by atomic mass is 32.2. The van der Waals surface area contributed by atoms with E-state index in [1.54, 1.807) is 42.5 Å². The highest BCUT2D eigenvalue weighted by molar-refractivity contribution is 7.92. The minimum Gasteiger partial charge on any atom is -0.295 e. The lowest BCUT2D eigenvalue weighted by atomic mass is 10.1. The van der Waals surface area contributed by atoms with Crippen molar-refractivity contribution in [2.45, 2.75) is 59.7 Å². The zero-order chi connectivity index (χ0) is 20.8. The van der Waals surface area contributed by atoms with Gasteiger partial charge < -0.3 is 0 Å². The molecule has 0 aliphatic carbocycles. The fourth-order valence-corrected chi connectivity index (χ4v) is 8.34. The lowest BCUT2D eigenvalue weighted by molar-refractivity contribution is 0.101. The van der Waals surface area contributed by atoms with Crippen molar-refractivity contribution in [1.82, 2.24) is 4.31 Å². The molecule has 2 bridgehead atoms. The minimum absolute atomic E-state index is 0.0893. The maximum Gasteiger partial charge on any atom is 0.243 e. The van der Waals surface area contributed by atoms with Crippen LogP contribution in [0.3, 0.4) is 0 Å². The van der Waals surface area contributed by atoms with E-state index in [1.807, 2.05) is 0 Å². The van der Waals surface area contributed by atoms with E-state index < -0.39 is 25.1 Å². The lowest BCUT2D eigenvalue weighted by Gasteiger charge is -2.37. The fourth-order valence-electron chi connectivity index (χ4n) is 4.53. The molecule has 6 nitrogen and oxygen atoms in total. The average Bonchev–Trinajstić information content (AvgIpc) is 2.99. The van der Waals surface area contributed by atoms with Crippen molar-refractivity contribution in [2.24, 2.45) is 0 Å². The first kappa shape index (κ1) is 20.3. The van der Waals surface area contributed by atoms with Crippen LogP contribution in [0.5, 0.6) is 0 Å². The number of hydrogen-bond donors (Lipinski definition) is 0. The summed E-state index contributed by atoms with van der Waals surface area (Å²) in [6.45, 7) is 1.40. The third-order valence-electron chi connectivity index (χ3n) is 5.95. The molecule has 2 saturated heterocycles. The van der Waals surface area contributed by atoms with Crippen molar-refractivity contribution < 1.29 is 21.6 Å². The summed E-state index contributed by atoms with van der Waals surface area (Å²) in [6, 6.07) is 13.7. The van der Waals surface area contributed by atoms with Gasteiger partial charge in [-0.2, -0.15) is 4.31 Å². The third-order valence-corrected chi connectivity index (χ3v) is 10.1. The van der Waals surface area contributed by atoms with Gasteiger partial charge in [-0.1, -0.05) is 30.3 Å². The number of ketones is 1. The molecule has 2 atom stereocenters. The highest BCUT2D eigenvalue weighted by Gasteiger charge is 2.50. The molecule has 2 aliphatic heterocycles. The molecule has 0 spiro atoms. The first-order valence-corrected chi connectivity index (χ1v) is 12.6. The van der Waals surface area contributed by atoms with Gasteiger partial charge in [-0.05, 0) is 56.9 Å². The predicted molar refractivity (Wildman–Crippen MR) is 109 cm³/mol. The van der Waals surface area contributed by atoms with Gasteiger partial charge >= 0.3 is 0 Å². The smallest absolute Gasteiger partial charge is 0.243 e. The summed E-state index contributed by atoms with van der Waals surface area (Å²) in [5.41, 5.74) is 0.347. The second kappa shape index (κ2) is 7.34. The second-order valence-electron chi connectivity index (χ2n) is 7.76. The molecule has 2 aliphatic rings. The van der Waals surface area contributed by atoms with Crippen molar-refractivity contribution in [2.75, 3.05) is 0 Å². The van der Waals surface area contributed by atoms with Crippen LogP contribution in [0.15, 0.2) is 64.4 Å². The van der Waals surface area contributed by atoms with Gasteiger partial charge in [0.2, 0.25) is 10.0 Å². The first-order chi connectivity index (χ1) is 13.7. The monoisotopic (exact) mass is 433 g/mol. The maximum atomic E-state index is 13.3. The molecule has 0 N–H and O–H groups in total. The Balaban J connectivity index is 1.63. The normalized spacial score (nSPS) is 25.1. The Morgan fingerprint density at radius 1 is 0.862 bits per heavy atom. The molecule has 0 radical (unpaired) electrons. The highest BCUT2D eigenvalue weighted by Crippen LogP contribution is 2.42. The zero-order valence-corrected chi connectivity index (χ0v) is 17.7. The molecule has 29 heavy (non-hydrogen) atoms. The zero-order valence-electron chi connectivity index (χ0n) is 16.1. The molecule has 2 heterocycles. The molecule has 0 aromatic heterocycles. The number of sulfonamides is 1. The largest absolute Gasteiger partial charge is 0.295 e. The van der Waals surface area contributed by atoms with Crippen LogP contribution in [-0.4, -0.2) is 44.3 Å². The lowest BCUT2D eigenvalue weighted by Crippen LogP contribution is -2.49. The van der Waals surface area contributed by atoms with Gasteiger partial charge in [0.25, 0.3) is 0 Å². The van der Waals surface area contributed by atoms with Gasteiger partial charge in [-0.25, -0.2) is 16.8 Å². The van der Waals surface area contributed by atoms with E-state index in [2.05, 4.69) is 0 Å². The van der Waals surface area contributed by atoms with Crippen molar-refractivity contribution in [3.8, 4) is 0 Å². The van der Waals surface area contributed by atoms with E-state index in [9.17, 15) is 21.6 Å².